The molecule has 28 heavy (non-hydrogen) atoms. The van der Waals surface area contributed by atoms with E-state index in [1.807, 2.05) is 6.92 Å². The van der Waals surface area contributed by atoms with E-state index in [2.05, 4.69) is 11.6 Å². The van der Waals surface area contributed by atoms with Gasteiger partial charge in [-0.15, -0.1) is 11.3 Å². The highest BCUT2D eigenvalue weighted by atomic mass is 32.1. The fraction of sp³-hybridized carbons (Fsp3) is 0.647. The van der Waals surface area contributed by atoms with Gasteiger partial charge in [0, 0.05) is 43.9 Å². The van der Waals surface area contributed by atoms with Gasteiger partial charge in [0.1, 0.15) is 6.61 Å². The van der Waals surface area contributed by atoms with Crippen LogP contribution in [0.5, 0.6) is 0 Å². The quantitative estimate of drug-likeness (QED) is 0.748. The zero-order valence-corrected chi connectivity index (χ0v) is 16.2. The van der Waals surface area contributed by atoms with Gasteiger partial charge in [0.05, 0.1) is 18.3 Å². The summed E-state index contributed by atoms with van der Waals surface area (Å²) >= 11 is 0.663. The van der Waals surface area contributed by atoms with Crippen LogP contribution in [0.25, 0.3) is 0 Å². The Bertz CT molecular complexity index is 735. The van der Waals surface area contributed by atoms with Gasteiger partial charge >= 0.3 is 6.18 Å². The average molecular weight is 418 g/mol. The summed E-state index contributed by atoms with van der Waals surface area (Å²) in [5, 5.41) is 5.65. The van der Waals surface area contributed by atoms with Crippen molar-refractivity contribution in [3.8, 4) is 6.57 Å². The van der Waals surface area contributed by atoms with Crippen molar-refractivity contribution in [3.05, 3.63) is 15.6 Å². The Morgan fingerprint density at radius 2 is 2.14 bits per heavy atom. The Balaban J connectivity index is 0.00000136. The lowest BCUT2D eigenvalue weighted by atomic mass is 10.1. The standard InChI is InChI=1S/C16H20F3N3O3S.CHN/c1-10-7-21(14(24)9-25-10)5-2-3-13(23)22-6-4-12-11(8-22)20-15(26-12)16(17,18)19;1-2/h10H,2-9H2,1H3;1H/t10-;/m0./s1. The summed E-state index contributed by atoms with van der Waals surface area (Å²) in [7, 11) is 0. The summed E-state index contributed by atoms with van der Waals surface area (Å²) in [6, 6.07) is 0. The molecule has 1 aromatic heterocycles. The number of rotatable bonds is 4. The lowest BCUT2D eigenvalue weighted by molar-refractivity contribution is -0.148. The van der Waals surface area contributed by atoms with Gasteiger partial charge < -0.3 is 14.5 Å². The molecule has 0 N–H and O–H groups in total. The van der Waals surface area contributed by atoms with E-state index >= 15 is 0 Å². The van der Waals surface area contributed by atoms with Gasteiger partial charge in [0.2, 0.25) is 11.8 Å². The molecule has 0 saturated carbocycles. The number of fused-ring (bicyclic) bond motifs is 1. The average Bonchev–Trinajstić information content (AvgIpc) is 3.10. The second-order valence-electron chi connectivity index (χ2n) is 6.52. The summed E-state index contributed by atoms with van der Waals surface area (Å²) in [5.41, 5.74) is 0.346. The van der Waals surface area contributed by atoms with Crippen molar-refractivity contribution in [2.75, 3.05) is 26.2 Å². The fourth-order valence-electron chi connectivity index (χ4n) is 3.10. The van der Waals surface area contributed by atoms with Crippen LogP contribution in [0.1, 0.15) is 35.3 Å². The molecule has 7 nitrogen and oxygen atoms in total. The van der Waals surface area contributed by atoms with Crippen molar-refractivity contribution in [2.45, 2.75) is 45.0 Å². The van der Waals surface area contributed by atoms with Crippen molar-refractivity contribution in [1.29, 1.82) is 5.26 Å². The van der Waals surface area contributed by atoms with Crippen LogP contribution in [-0.4, -0.2) is 58.9 Å². The summed E-state index contributed by atoms with van der Waals surface area (Å²) < 4.78 is 43.5. The summed E-state index contributed by atoms with van der Waals surface area (Å²) in [6.07, 6.45) is -3.29. The lowest BCUT2D eigenvalue weighted by Crippen LogP contribution is -2.46. The molecule has 2 amide bonds. The molecular weight excluding hydrogens is 397 g/mol. The Labute approximate surface area is 164 Å². The third-order valence-electron chi connectivity index (χ3n) is 4.46. The minimum atomic E-state index is -4.45. The smallest absolute Gasteiger partial charge is 0.367 e. The van der Waals surface area contributed by atoms with Crippen LogP contribution >= 0.6 is 11.3 Å². The maximum absolute atomic E-state index is 12.8. The maximum atomic E-state index is 12.8. The third kappa shape index (κ3) is 5.42. The van der Waals surface area contributed by atoms with Crippen molar-refractivity contribution in [1.82, 2.24) is 14.8 Å². The maximum Gasteiger partial charge on any atom is 0.443 e. The second kappa shape index (κ2) is 9.34. The first-order valence-electron chi connectivity index (χ1n) is 8.73. The van der Waals surface area contributed by atoms with Gasteiger partial charge in [-0.2, -0.15) is 13.2 Å². The molecule has 0 aliphatic carbocycles. The largest absolute Gasteiger partial charge is 0.443 e. The molecule has 0 unspecified atom stereocenters. The van der Waals surface area contributed by atoms with Crippen LogP contribution in [0.2, 0.25) is 0 Å². The minimum absolute atomic E-state index is 0.0172. The molecule has 0 radical (unpaired) electrons. The van der Waals surface area contributed by atoms with Crippen LogP contribution < -0.4 is 0 Å². The molecule has 3 heterocycles. The molecule has 0 bridgehead atoms. The zero-order valence-electron chi connectivity index (χ0n) is 15.4. The molecule has 11 heteroatoms. The first-order chi connectivity index (χ1) is 13.2. The van der Waals surface area contributed by atoms with E-state index < -0.39 is 11.2 Å². The third-order valence-corrected chi connectivity index (χ3v) is 5.67. The molecule has 0 aromatic carbocycles. The Morgan fingerprint density at radius 1 is 1.43 bits per heavy atom. The summed E-state index contributed by atoms with van der Waals surface area (Å²) in [4.78, 5) is 31.6. The van der Waals surface area contributed by atoms with Gasteiger partial charge in [-0.25, -0.2) is 10.2 Å². The van der Waals surface area contributed by atoms with Gasteiger partial charge in [0.25, 0.3) is 0 Å². The van der Waals surface area contributed by atoms with Gasteiger partial charge in [0.15, 0.2) is 5.01 Å². The first kappa shape index (κ1) is 22.1. The summed E-state index contributed by atoms with van der Waals surface area (Å²) in [5.74, 6) is -0.203. The fourth-order valence-corrected chi connectivity index (χ4v) is 4.02. The predicted molar refractivity (Wildman–Crippen MR) is 94.1 cm³/mol. The number of morpholine rings is 1. The van der Waals surface area contributed by atoms with Crippen LogP contribution in [0, 0.1) is 11.8 Å². The number of nitriles is 1. The van der Waals surface area contributed by atoms with Crippen LogP contribution in [-0.2, 0) is 33.5 Å². The highest BCUT2D eigenvalue weighted by Crippen LogP contribution is 2.36. The predicted octanol–water partition coefficient (Wildman–Crippen LogP) is 2.21. The van der Waals surface area contributed by atoms with Crippen molar-refractivity contribution in [2.24, 2.45) is 0 Å². The molecule has 1 saturated heterocycles. The molecular formula is C17H21F3N4O3S. The molecule has 2 aliphatic heterocycles. The number of hydrogen-bond acceptors (Lipinski definition) is 6. The molecule has 0 spiro atoms. The normalized spacial score (nSPS) is 19.6. The Kier molecular flexibility index (Phi) is 7.37. The van der Waals surface area contributed by atoms with Crippen molar-refractivity contribution < 1.29 is 27.5 Å². The highest BCUT2D eigenvalue weighted by Gasteiger charge is 2.37. The summed E-state index contributed by atoms with van der Waals surface area (Å²) in [6.45, 7) is 6.97. The molecule has 154 valence electrons. The van der Waals surface area contributed by atoms with E-state index in [4.69, 9.17) is 10.00 Å². The minimum Gasteiger partial charge on any atom is -0.367 e. The van der Waals surface area contributed by atoms with Gasteiger partial charge in [-0.3, -0.25) is 9.59 Å². The molecule has 1 aromatic rings. The lowest BCUT2D eigenvalue weighted by Gasteiger charge is -2.31. The number of amides is 2. The number of thiazole rings is 1. The van der Waals surface area contributed by atoms with Gasteiger partial charge in [-0.05, 0) is 13.3 Å². The van der Waals surface area contributed by atoms with Crippen LogP contribution in [0.3, 0.4) is 0 Å². The van der Waals surface area contributed by atoms with E-state index in [9.17, 15) is 22.8 Å². The van der Waals surface area contributed by atoms with Crippen molar-refractivity contribution >= 4 is 23.2 Å². The van der Waals surface area contributed by atoms with E-state index in [1.165, 1.54) is 0 Å². The number of halogens is 3. The van der Waals surface area contributed by atoms with E-state index in [1.54, 1.807) is 9.80 Å². The molecule has 1 fully saturated rings. The number of alkyl halides is 3. The first-order valence-corrected chi connectivity index (χ1v) is 9.54. The van der Waals surface area contributed by atoms with E-state index in [-0.39, 0.29) is 37.5 Å². The Morgan fingerprint density at radius 3 is 2.82 bits per heavy atom. The number of carbonyl (C=O) groups excluding carboxylic acids is 2. The molecule has 1 atom stereocenters. The monoisotopic (exact) mass is 418 g/mol. The number of aromatic nitrogens is 1. The van der Waals surface area contributed by atoms with E-state index in [0.29, 0.717) is 54.4 Å². The van der Waals surface area contributed by atoms with Crippen LogP contribution in [0.4, 0.5) is 13.2 Å². The van der Waals surface area contributed by atoms with Crippen LogP contribution in [0.15, 0.2) is 0 Å². The SMILES string of the molecule is C#N.C[C@H]1CN(CCCC(=O)N2CCc3sc(C(F)(F)F)nc3C2)C(=O)CO1. The number of carbonyl (C=O) groups is 2. The number of nitrogens with zero attached hydrogens (tertiary/aromatic N) is 4. The van der Waals surface area contributed by atoms with E-state index in [0.717, 1.165) is 0 Å². The molecule has 2 aliphatic rings. The number of hydrogen-bond donors (Lipinski definition) is 0. The Hall–Kier alpha value is -2.19. The molecule has 3 rings (SSSR count). The van der Waals surface area contributed by atoms with Crippen molar-refractivity contribution in [3.63, 3.8) is 0 Å². The second-order valence-corrected chi connectivity index (χ2v) is 7.60. The number of ether oxygens (including phenoxy) is 1. The highest BCUT2D eigenvalue weighted by molar-refractivity contribution is 7.11. The zero-order chi connectivity index (χ0) is 20.9. The van der Waals surface area contributed by atoms with Gasteiger partial charge in [-0.1, -0.05) is 0 Å². The topological polar surface area (TPSA) is 86.5 Å².